The quantitative estimate of drug-likeness (QED) is 0.629. The van der Waals surface area contributed by atoms with Crippen LogP contribution in [0.1, 0.15) is 50.2 Å². The van der Waals surface area contributed by atoms with E-state index in [2.05, 4.69) is 68.5 Å². The molecule has 3 rings (SSSR count). The summed E-state index contributed by atoms with van der Waals surface area (Å²) in [5.41, 5.74) is 7.25. The SMILES string of the molecule is CCCCC1C(C)=Cc2cccc(-c3ccccc3)c21. The highest BCUT2D eigenvalue weighted by molar-refractivity contribution is 5.78. The molecular formula is C20H22. The number of hydrogen-bond acceptors (Lipinski definition) is 0. The van der Waals surface area contributed by atoms with Crippen LogP contribution in [-0.2, 0) is 0 Å². The zero-order valence-corrected chi connectivity index (χ0v) is 12.4. The molecule has 0 spiro atoms. The number of hydrogen-bond donors (Lipinski definition) is 0. The van der Waals surface area contributed by atoms with E-state index < -0.39 is 0 Å². The van der Waals surface area contributed by atoms with Crippen molar-refractivity contribution in [1.82, 2.24) is 0 Å². The lowest BCUT2D eigenvalue weighted by molar-refractivity contribution is 0.650. The van der Waals surface area contributed by atoms with E-state index in [9.17, 15) is 0 Å². The van der Waals surface area contributed by atoms with Crippen LogP contribution < -0.4 is 0 Å². The van der Waals surface area contributed by atoms with Gasteiger partial charge in [-0.15, -0.1) is 0 Å². The first kappa shape index (κ1) is 13.2. The van der Waals surface area contributed by atoms with Crippen LogP contribution >= 0.6 is 0 Å². The molecule has 0 fully saturated rings. The summed E-state index contributed by atoms with van der Waals surface area (Å²) in [6.07, 6.45) is 6.23. The summed E-state index contributed by atoms with van der Waals surface area (Å²) in [7, 11) is 0. The third-order valence-corrected chi connectivity index (χ3v) is 4.35. The van der Waals surface area contributed by atoms with Gasteiger partial charge in [0, 0.05) is 5.92 Å². The minimum atomic E-state index is 0.612. The van der Waals surface area contributed by atoms with Gasteiger partial charge in [0.25, 0.3) is 0 Å². The van der Waals surface area contributed by atoms with Crippen molar-refractivity contribution in [2.24, 2.45) is 0 Å². The smallest absolute Gasteiger partial charge is 0.00608 e. The third-order valence-electron chi connectivity index (χ3n) is 4.35. The van der Waals surface area contributed by atoms with E-state index in [4.69, 9.17) is 0 Å². The third kappa shape index (κ3) is 2.31. The highest BCUT2D eigenvalue weighted by Crippen LogP contribution is 2.44. The lowest BCUT2D eigenvalue weighted by Gasteiger charge is -2.18. The molecule has 0 bridgehead atoms. The van der Waals surface area contributed by atoms with Gasteiger partial charge in [0.1, 0.15) is 0 Å². The Kier molecular flexibility index (Phi) is 3.73. The first-order chi connectivity index (χ1) is 9.81. The number of rotatable bonds is 4. The predicted molar refractivity (Wildman–Crippen MR) is 87.8 cm³/mol. The van der Waals surface area contributed by atoms with E-state index in [0.717, 1.165) is 0 Å². The van der Waals surface area contributed by atoms with Gasteiger partial charge in [-0.05, 0) is 35.6 Å². The van der Waals surface area contributed by atoms with Crippen molar-refractivity contribution < 1.29 is 0 Å². The van der Waals surface area contributed by atoms with Crippen LogP contribution in [0, 0.1) is 0 Å². The molecule has 20 heavy (non-hydrogen) atoms. The Morgan fingerprint density at radius 2 is 1.75 bits per heavy atom. The molecule has 1 aliphatic rings. The molecule has 1 aliphatic carbocycles. The Balaban J connectivity index is 2.07. The van der Waals surface area contributed by atoms with Crippen molar-refractivity contribution in [3.05, 3.63) is 65.2 Å². The highest BCUT2D eigenvalue weighted by atomic mass is 14.3. The van der Waals surface area contributed by atoms with E-state index in [1.54, 1.807) is 5.56 Å². The Hall–Kier alpha value is -1.82. The molecule has 0 heterocycles. The van der Waals surface area contributed by atoms with Gasteiger partial charge in [-0.25, -0.2) is 0 Å². The first-order valence-corrected chi connectivity index (χ1v) is 7.67. The van der Waals surface area contributed by atoms with Gasteiger partial charge in [-0.2, -0.15) is 0 Å². The minimum absolute atomic E-state index is 0.612. The fourth-order valence-corrected chi connectivity index (χ4v) is 3.32. The van der Waals surface area contributed by atoms with Crippen molar-refractivity contribution in [3.8, 4) is 11.1 Å². The number of benzene rings is 2. The zero-order valence-electron chi connectivity index (χ0n) is 12.4. The molecule has 0 heteroatoms. The Morgan fingerprint density at radius 1 is 0.950 bits per heavy atom. The maximum Gasteiger partial charge on any atom is 0.00608 e. The van der Waals surface area contributed by atoms with Crippen LogP contribution in [0.25, 0.3) is 17.2 Å². The van der Waals surface area contributed by atoms with Crippen molar-refractivity contribution in [1.29, 1.82) is 0 Å². The summed E-state index contributed by atoms with van der Waals surface area (Å²) < 4.78 is 0. The number of fused-ring (bicyclic) bond motifs is 1. The van der Waals surface area contributed by atoms with E-state index in [0.29, 0.717) is 5.92 Å². The molecule has 2 aromatic rings. The van der Waals surface area contributed by atoms with Gasteiger partial charge < -0.3 is 0 Å². The number of unbranched alkanes of at least 4 members (excludes halogenated alkanes) is 1. The largest absolute Gasteiger partial charge is 0.0654 e. The monoisotopic (exact) mass is 262 g/mol. The topological polar surface area (TPSA) is 0 Å². The molecule has 0 aliphatic heterocycles. The fraction of sp³-hybridized carbons (Fsp3) is 0.300. The average molecular weight is 262 g/mol. The first-order valence-electron chi connectivity index (χ1n) is 7.67. The summed E-state index contributed by atoms with van der Waals surface area (Å²) in [6, 6.07) is 17.5. The molecule has 102 valence electrons. The average Bonchev–Trinajstić information content (AvgIpc) is 2.81. The maximum absolute atomic E-state index is 2.38. The van der Waals surface area contributed by atoms with Crippen LogP contribution in [0.5, 0.6) is 0 Å². The summed E-state index contributed by atoms with van der Waals surface area (Å²) >= 11 is 0. The second kappa shape index (κ2) is 5.66. The van der Waals surface area contributed by atoms with Gasteiger partial charge in [-0.1, -0.05) is 79.9 Å². The van der Waals surface area contributed by atoms with Gasteiger partial charge in [-0.3, -0.25) is 0 Å². The molecule has 1 atom stereocenters. The van der Waals surface area contributed by atoms with Gasteiger partial charge in [0.2, 0.25) is 0 Å². The maximum atomic E-state index is 2.38. The summed E-state index contributed by atoms with van der Waals surface area (Å²) in [5, 5.41) is 0. The van der Waals surface area contributed by atoms with E-state index in [1.165, 1.54) is 41.5 Å². The molecular weight excluding hydrogens is 240 g/mol. The predicted octanol–water partition coefficient (Wildman–Crippen LogP) is 6.04. The Labute approximate surface area is 122 Å². The molecule has 0 saturated carbocycles. The molecule has 0 N–H and O–H groups in total. The van der Waals surface area contributed by atoms with Crippen LogP contribution in [0.15, 0.2) is 54.1 Å². The lowest BCUT2D eigenvalue weighted by atomic mass is 9.86. The standard InChI is InChI=1S/C20H22/c1-3-4-12-18-15(2)14-17-11-8-13-19(20(17)18)16-9-6-5-7-10-16/h5-11,13-14,18H,3-4,12H2,1-2H3. The van der Waals surface area contributed by atoms with Crippen LogP contribution in [0.3, 0.4) is 0 Å². The summed E-state index contributed by atoms with van der Waals surface area (Å²) in [5.74, 6) is 0.612. The van der Waals surface area contributed by atoms with Crippen LogP contribution in [0.4, 0.5) is 0 Å². The van der Waals surface area contributed by atoms with Crippen molar-refractivity contribution in [2.45, 2.75) is 39.0 Å². The van der Waals surface area contributed by atoms with Crippen LogP contribution in [-0.4, -0.2) is 0 Å². The molecule has 2 aromatic carbocycles. The van der Waals surface area contributed by atoms with Crippen molar-refractivity contribution in [2.75, 3.05) is 0 Å². The molecule has 0 amide bonds. The lowest BCUT2D eigenvalue weighted by Crippen LogP contribution is -2.00. The second-order valence-electron chi connectivity index (χ2n) is 5.76. The number of allylic oxidation sites excluding steroid dienone is 1. The molecule has 1 unspecified atom stereocenters. The van der Waals surface area contributed by atoms with Crippen molar-refractivity contribution in [3.63, 3.8) is 0 Å². The molecule has 0 saturated heterocycles. The van der Waals surface area contributed by atoms with Crippen LogP contribution in [0.2, 0.25) is 0 Å². The summed E-state index contributed by atoms with van der Waals surface area (Å²) in [4.78, 5) is 0. The zero-order chi connectivity index (χ0) is 13.9. The van der Waals surface area contributed by atoms with Gasteiger partial charge in [0.05, 0.1) is 0 Å². The summed E-state index contributed by atoms with van der Waals surface area (Å²) in [6.45, 7) is 4.56. The van der Waals surface area contributed by atoms with E-state index in [-0.39, 0.29) is 0 Å². The van der Waals surface area contributed by atoms with E-state index >= 15 is 0 Å². The fourth-order valence-electron chi connectivity index (χ4n) is 3.32. The normalized spacial score (nSPS) is 16.9. The second-order valence-corrected chi connectivity index (χ2v) is 5.76. The highest BCUT2D eigenvalue weighted by Gasteiger charge is 2.24. The van der Waals surface area contributed by atoms with Gasteiger partial charge >= 0.3 is 0 Å². The molecule has 0 aromatic heterocycles. The van der Waals surface area contributed by atoms with Crippen molar-refractivity contribution >= 4 is 6.08 Å². The molecule has 0 radical (unpaired) electrons. The molecule has 0 nitrogen and oxygen atoms in total. The van der Waals surface area contributed by atoms with E-state index in [1.807, 2.05) is 0 Å². The Morgan fingerprint density at radius 3 is 2.50 bits per heavy atom. The van der Waals surface area contributed by atoms with Gasteiger partial charge in [0.15, 0.2) is 0 Å². The Bertz CT molecular complexity index is 620. The minimum Gasteiger partial charge on any atom is -0.0654 e.